The number of carbonyl (C=O) groups is 1. The lowest BCUT2D eigenvalue weighted by Crippen LogP contribution is -2.27. The summed E-state index contributed by atoms with van der Waals surface area (Å²) in [5, 5.41) is 11.4. The lowest BCUT2D eigenvalue weighted by atomic mass is 10.0. The van der Waals surface area contributed by atoms with Crippen molar-refractivity contribution >= 4 is 22.5 Å². The molecule has 0 saturated heterocycles. The number of rotatable bonds is 3. The van der Waals surface area contributed by atoms with Gasteiger partial charge in [0, 0.05) is 34.4 Å². The van der Waals surface area contributed by atoms with Gasteiger partial charge < -0.3 is 11.1 Å². The number of fused-ring (bicyclic) bond motifs is 1. The number of hydrogen-bond donors (Lipinski definition) is 2. The molecule has 0 radical (unpaired) electrons. The summed E-state index contributed by atoms with van der Waals surface area (Å²) in [6.07, 6.45) is 3.50. The molecule has 1 amide bonds. The fraction of sp³-hybridized carbons (Fsp3) is 0.222. The minimum Gasteiger partial charge on any atom is -0.396 e. The SMILES string of the molecule is Cc1ccc(-c2c(F)ccc3c(N)c(C(=O)NC4CC4)nnc23)cn1. The summed E-state index contributed by atoms with van der Waals surface area (Å²) < 4.78 is 14.5. The maximum absolute atomic E-state index is 14.5. The van der Waals surface area contributed by atoms with Crippen LogP contribution < -0.4 is 11.1 Å². The minimum atomic E-state index is -0.443. The molecule has 6 nitrogen and oxygen atoms in total. The van der Waals surface area contributed by atoms with Crippen molar-refractivity contribution < 1.29 is 9.18 Å². The monoisotopic (exact) mass is 337 g/mol. The number of aryl methyl sites for hydroxylation is 1. The van der Waals surface area contributed by atoms with Crippen molar-refractivity contribution in [2.24, 2.45) is 0 Å². The average molecular weight is 337 g/mol. The fourth-order valence-electron chi connectivity index (χ4n) is 2.71. The van der Waals surface area contributed by atoms with E-state index in [1.54, 1.807) is 18.3 Å². The number of aromatic nitrogens is 3. The van der Waals surface area contributed by atoms with Crippen LogP contribution in [0.5, 0.6) is 0 Å². The van der Waals surface area contributed by atoms with E-state index in [0.29, 0.717) is 16.5 Å². The molecule has 1 aliphatic rings. The summed E-state index contributed by atoms with van der Waals surface area (Å²) in [6.45, 7) is 1.85. The van der Waals surface area contributed by atoms with Crippen LogP contribution in [0.25, 0.3) is 22.0 Å². The summed E-state index contributed by atoms with van der Waals surface area (Å²) >= 11 is 0. The van der Waals surface area contributed by atoms with Gasteiger partial charge in [-0.3, -0.25) is 9.78 Å². The van der Waals surface area contributed by atoms with E-state index in [1.165, 1.54) is 12.1 Å². The van der Waals surface area contributed by atoms with Gasteiger partial charge in [-0.05, 0) is 38.0 Å². The summed E-state index contributed by atoms with van der Waals surface area (Å²) in [5.74, 6) is -0.792. The molecule has 1 aliphatic carbocycles. The Morgan fingerprint density at radius 3 is 2.72 bits per heavy atom. The normalized spacial score (nSPS) is 13.8. The third-order valence-corrected chi connectivity index (χ3v) is 4.25. The van der Waals surface area contributed by atoms with Gasteiger partial charge in [0.1, 0.15) is 11.3 Å². The van der Waals surface area contributed by atoms with Gasteiger partial charge in [0.2, 0.25) is 0 Å². The van der Waals surface area contributed by atoms with E-state index in [1.807, 2.05) is 6.92 Å². The summed E-state index contributed by atoms with van der Waals surface area (Å²) in [7, 11) is 0. The Bertz CT molecular complexity index is 983. The molecule has 0 atom stereocenters. The van der Waals surface area contributed by atoms with Gasteiger partial charge in [0.25, 0.3) is 5.91 Å². The number of pyridine rings is 1. The molecule has 2 heterocycles. The molecular weight excluding hydrogens is 321 g/mol. The molecular formula is C18H16FN5O. The van der Waals surface area contributed by atoms with Crippen molar-refractivity contribution in [2.75, 3.05) is 5.73 Å². The molecule has 3 N–H and O–H groups in total. The lowest BCUT2D eigenvalue weighted by molar-refractivity contribution is 0.0946. The van der Waals surface area contributed by atoms with Gasteiger partial charge in [0.05, 0.1) is 5.69 Å². The number of benzene rings is 1. The first-order valence-electron chi connectivity index (χ1n) is 8.03. The highest BCUT2D eigenvalue weighted by atomic mass is 19.1. The molecule has 25 heavy (non-hydrogen) atoms. The van der Waals surface area contributed by atoms with E-state index in [9.17, 15) is 9.18 Å². The summed E-state index contributed by atoms with van der Waals surface area (Å²) in [6, 6.07) is 6.59. The highest BCUT2D eigenvalue weighted by Gasteiger charge is 2.26. The highest BCUT2D eigenvalue weighted by molar-refractivity contribution is 6.07. The van der Waals surface area contributed by atoms with Gasteiger partial charge >= 0.3 is 0 Å². The third kappa shape index (κ3) is 2.77. The number of carbonyl (C=O) groups excluding carboxylic acids is 1. The first kappa shape index (κ1) is 15.4. The number of halogens is 1. The maximum Gasteiger partial charge on any atom is 0.274 e. The number of nitrogens with two attached hydrogens (primary N) is 1. The zero-order valence-electron chi connectivity index (χ0n) is 13.6. The van der Waals surface area contributed by atoms with Crippen molar-refractivity contribution in [3.8, 4) is 11.1 Å². The lowest BCUT2D eigenvalue weighted by Gasteiger charge is -2.11. The second kappa shape index (κ2) is 5.77. The second-order valence-corrected chi connectivity index (χ2v) is 6.22. The van der Waals surface area contributed by atoms with Crippen molar-refractivity contribution in [3.05, 3.63) is 47.7 Å². The highest BCUT2D eigenvalue weighted by Crippen LogP contribution is 2.33. The predicted molar refractivity (Wildman–Crippen MR) is 92.4 cm³/mol. The molecule has 1 fully saturated rings. The van der Waals surface area contributed by atoms with Gasteiger partial charge in [-0.1, -0.05) is 6.07 Å². The van der Waals surface area contributed by atoms with Crippen molar-refractivity contribution in [1.82, 2.24) is 20.5 Å². The molecule has 1 aromatic carbocycles. The van der Waals surface area contributed by atoms with Gasteiger partial charge in [-0.2, -0.15) is 0 Å². The first-order chi connectivity index (χ1) is 12.0. The van der Waals surface area contributed by atoms with E-state index in [4.69, 9.17) is 5.73 Å². The van der Waals surface area contributed by atoms with E-state index in [0.717, 1.165) is 18.5 Å². The molecule has 0 spiro atoms. The van der Waals surface area contributed by atoms with Crippen LogP contribution in [-0.4, -0.2) is 27.1 Å². The molecule has 1 saturated carbocycles. The largest absolute Gasteiger partial charge is 0.396 e. The second-order valence-electron chi connectivity index (χ2n) is 6.22. The predicted octanol–water partition coefficient (Wildman–Crippen LogP) is 2.61. The number of nitrogens with zero attached hydrogens (tertiary/aromatic N) is 3. The molecule has 0 bridgehead atoms. The summed E-state index contributed by atoms with van der Waals surface area (Å²) in [4.78, 5) is 16.4. The Morgan fingerprint density at radius 1 is 1.24 bits per heavy atom. The van der Waals surface area contributed by atoms with E-state index in [-0.39, 0.29) is 28.9 Å². The maximum atomic E-state index is 14.5. The Hall–Kier alpha value is -3.09. The molecule has 4 rings (SSSR count). The van der Waals surface area contributed by atoms with Gasteiger partial charge in [0.15, 0.2) is 5.69 Å². The van der Waals surface area contributed by atoms with Crippen LogP contribution >= 0.6 is 0 Å². The van der Waals surface area contributed by atoms with Crippen molar-refractivity contribution in [3.63, 3.8) is 0 Å². The Kier molecular flexibility index (Phi) is 3.56. The number of amides is 1. The van der Waals surface area contributed by atoms with Gasteiger partial charge in [-0.25, -0.2) is 4.39 Å². The number of anilines is 1. The van der Waals surface area contributed by atoms with E-state index in [2.05, 4.69) is 20.5 Å². The molecule has 0 aliphatic heterocycles. The molecule has 126 valence electrons. The number of nitrogens with one attached hydrogen (secondary N) is 1. The Labute approximate surface area is 143 Å². The van der Waals surface area contributed by atoms with Crippen molar-refractivity contribution in [1.29, 1.82) is 0 Å². The average Bonchev–Trinajstić information content (AvgIpc) is 3.40. The van der Waals surface area contributed by atoms with Crippen LogP contribution in [0.15, 0.2) is 30.5 Å². The summed E-state index contributed by atoms with van der Waals surface area (Å²) in [5.41, 5.74) is 8.40. The van der Waals surface area contributed by atoms with Crippen LogP contribution in [0, 0.1) is 12.7 Å². The third-order valence-electron chi connectivity index (χ3n) is 4.25. The van der Waals surface area contributed by atoms with Crippen LogP contribution in [-0.2, 0) is 0 Å². The molecule has 2 aromatic heterocycles. The number of nitrogen functional groups attached to an aromatic ring is 1. The number of hydrogen-bond acceptors (Lipinski definition) is 5. The van der Waals surface area contributed by atoms with Crippen molar-refractivity contribution in [2.45, 2.75) is 25.8 Å². The standard InChI is InChI=1S/C18H16FN5O/c1-9-2-3-10(8-21-9)14-13(19)7-6-12-15(20)17(24-23-16(12)14)18(25)22-11-4-5-11/h2-3,6-8,11H,4-5H2,1H3,(H2,20,23)(H,22,25). The van der Waals surface area contributed by atoms with Crippen LogP contribution in [0.3, 0.4) is 0 Å². The van der Waals surface area contributed by atoms with E-state index < -0.39 is 5.82 Å². The zero-order chi connectivity index (χ0) is 17.6. The van der Waals surface area contributed by atoms with Crippen LogP contribution in [0.4, 0.5) is 10.1 Å². The van der Waals surface area contributed by atoms with Crippen LogP contribution in [0.1, 0.15) is 29.0 Å². The zero-order valence-corrected chi connectivity index (χ0v) is 13.6. The Morgan fingerprint density at radius 2 is 2.04 bits per heavy atom. The topological polar surface area (TPSA) is 93.8 Å². The van der Waals surface area contributed by atoms with Crippen LogP contribution in [0.2, 0.25) is 0 Å². The van der Waals surface area contributed by atoms with Gasteiger partial charge in [-0.15, -0.1) is 10.2 Å². The Balaban J connectivity index is 1.86. The molecule has 7 heteroatoms. The molecule has 0 unspecified atom stereocenters. The van der Waals surface area contributed by atoms with E-state index >= 15 is 0 Å². The smallest absolute Gasteiger partial charge is 0.274 e. The fourth-order valence-corrected chi connectivity index (χ4v) is 2.71. The molecule has 3 aromatic rings. The quantitative estimate of drug-likeness (QED) is 0.766. The minimum absolute atomic E-state index is 0.0685. The first-order valence-corrected chi connectivity index (χ1v) is 8.03.